The van der Waals surface area contributed by atoms with E-state index in [9.17, 15) is 10.2 Å². The molecule has 3 aromatic rings. The molecule has 0 unspecified atom stereocenters. The molecule has 0 bridgehead atoms. The first kappa shape index (κ1) is 21.9. The highest BCUT2D eigenvalue weighted by Crippen LogP contribution is 2.17. The summed E-state index contributed by atoms with van der Waals surface area (Å²) in [5.74, 6) is 3.05. The van der Waals surface area contributed by atoms with Gasteiger partial charge in [-0.2, -0.15) is 0 Å². The SMILES string of the molecule is O[C@H](C[NH2+]Cc1ccco1)COc1ccc(OC[C@H](O)C[NH2+]Cc2ccco2)cc1. The highest BCUT2D eigenvalue weighted by Gasteiger charge is 2.10. The van der Waals surface area contributed by atoms with Crippen molar-refractivity contribution in [3.8, 4) is 11.5 Å². The van der Waals surface area contributed by atoms with Gasteiger partial charge in [0.25, 0.3) is 0 Å². The van der Waals surface area contributed by atoms with E-state index in [0.717, 1.165) is 11.5 Å². The lowest BCUT2D eigenvalue weighted by Gasteiger charge is -2.13. The monoisotopic (exact) mass is 418 g/mol. The summed E-state index contributed by atoms with van der Waals surface area (Å²) in [5, 5.41) is 24.0. The molecule has 30 heavy (non-hydrogen) atoms. The van der Waals surface area contributed by atoms with Gasteiger partial charge in [0.05, 0.1) is 12.5 Å². The quantitative estimate of drug-likeness (QED) is 0.290. The van der Waals surface area contributed by atoms with Gasteiger partial charge in [-0.3, -0.25) is 0 Å². The molecule has 162 valence electrons. The summed E-state index contributed by atoms with van der Waals surface area (Å²) in [6.07, 6.45) is 2.11. The fraction of sp³-hybridized carbons (Fsp3) is 0.364. The van der Waals surface area contributed by atoms with Gasteiger partial charge in [-0.05, 0) is 48.5 Å². The molecule has 6 N–H and O–H groups in total. The fourth-order valence-electron chi connectivity index (χ4n) is 2.85. The summed E-state index contributed by atoms with van der Waals surface area (Å²) < 4.78 is 21.7. The van der Waals surface area contributed by atoms with Crippen molar-refractivity contribution in [1.29, 1.82) is 0 Å². The Morgan fingerprint density at radius 3 is 1.50 bits per heavy atom. The molecule has 2 aromatic heterocycles. The summed E-state index contributed by atoms with van der Waals surface area (Å²) in [6, 6.07) is 14.6. The van der Waals surface area contributed by atoms with Gasteiger partial charge < -0.3 is 39.2 Å². The molecule has 0 spiro atoms. The van der Waals surface area contributed by atoms with E-state index in [-0.39, 0.29) is 13.2 Å². The Kier molecular flexibility index (Phi) is 8.80. The van der Waals surface area contributed by atoms with Crippen LogP contribution < -0.4 is 20.1 Å². The molecule has 2 heterocycles. The van der Waals surface area contributed by atoms with Gasteiger partial charge in [-0.15, -0.1) is 0 Å². The molecule has 2 atom stereocenters. The number of hydrogen-bond donors (Lipinski definition) is 4. The maximum atomic E-state index is 10.0. The van der Waals surface area contributed by atoms with Crippen LogP contribution in [0, 0.1) is 0 Å². The maximum absolute atomic E-state index is 10.0. The number of aliphatic hydroxyl groups is 2. The average Bonchev–Trinajstić information content (AvgIpc) is 3.46. The minimum atomic E-state index is -0.580. The summed E-state index contributed by atoms with van der Waals surface area (Å²) in [4.78, 5) is 0. The molecule has 1 aromatic carbocycles. The molecule has 0 aliphatic rings. The molecule has 8 heteroatoms. The second-order valence-corrected chi connectivity index (χ2v) is 7.02. The number of hydrogen-bond acceptors (Lipinski definition) is 6. The van der Waals surface area contributed by atoms with Crippen molar-refractivity contribution in [2.24, 2.45) is 0 Å². The van der Waals surface area contributed by atoms with Crippen LogP contribution in [0.2, 0.25) is 0 Å². The lowest BCUT2D eigenvalue weighted by molar-refractivity contribution is -0.678. The third-order valence-corrected chi connectivity index (χ3v) is 4.44. The number of furan rings is 2. The predicted octanol–water partition coefficient (Wildman–Crippen LogP) is -0.121. The molecular formula is C22H30N2O6+2. The van der Waals surface area contributed by atoms with Gasteiger partial charge in [-0.1, -0.05) is 0 Å². The number of rotatable bonds is 14. The van der Waals surface area contributed by atoms with E-state index in [1.807, 2.05) is 34.9 Å². The smallest absolute Gasteiger partial charge is 0.157 e. The zero-order valence-corrected chi connectivity index (χ0v) is 16.9. The zero-order chi connectivity index (χ0) is 21.0. The van der Waals surface area contributed by atoms with Crippen molar-refractivity contribution in [3.05, 3.63) is 72.6 Å². The van der Waals surface area contributed by atoms with Crippen LogP contribution in [0.4, 0.5) is 0 Å². The van der Waals surface area contributed by atoms with Crippen molar-refractivity contribution in [3.63, 3.8) is 0 Å². The van der Waals surface area contributed by atoms with Gasteiger partial charge in [-0.25, -0.2) is 0 Å². The van der Waals surface area contributed by atoms with E-state index in [1.54, 1.807) is 36.8 Å². The lowest BCUT2D eigenvalue weighted by Crippen LogP contribution is -2.85. The number of aliphatic hydroxyl groups excluding tert-OH is 2. The van der Waals surface area contributed by atoms with Gasteiger partial charge >= 0.3 is 0 Å². The minimum absolute atomic E-state index is 0.207. The molecular weight excluding hydrogens is 388 g/mol. The Morgan fingerprint density at radius 1 is 0.700 bits per heavy atom. The summed E-state index contributed by atoms with van der Waals surface area (Å²) in [7, 11) is 0. The molecule has 0 amide bonds. The van der Waals surface area contributed by atoms with Crippen LogP contribution in [0.1, 0.15) is 11.5 Å². The third-order valence-electron chi connectivity index (χ3n) is 4.44. The maximum Gasteiger partial charge on any atom is 0.157 e. The molecule has 0 aliphatic carbocycles. The average molecular weight is 418 g/mol. The van der Waals surface area contributed by atoms with Gasteiger partial charge in [0.15, 0.2) is 11.5 Å². The minimum Gasteiger partial charge on any atom is -0.491 e. The van der Waals surface area contributed by atoms with Crippen molar-refractivity contribution >= 4 is 0 Å². The van der Waals surface area contributed by atoms with E-state index in [4.69, 9.17) is 18.3 Å². The number of nitrogens with two attached hydrogens (primary N) is 2. The van der Waals surface area contributed by atoms with Crippen molar-refractivity contribution in [2.75, 3.05) is 26.3 Å². The molecule has 8 nitrogen and oxygen atoms in total. The van der Waals surface area contributed by atoms with E-state index >= 15 is 0 Å². The number of quaternary nitrogens is 2. The Morgan fingerprint density at radius 2 is 1.13 bits per heavy atom. The predicted molar refractivity (Wildman–Crippen MR) is 108 cm³/mol. The summed E-state index contributed by atoms with van der Waals surface area (Å²) in [6.45, 7) is 2.83. The van der Waals surface area contributed by atoms with Crippen molar-refractivity contribution < 1.29 is 39.2 Å². The van der Waals surface area contributed by atoms with Gasteiger partial charge in [0, 0.05) is 0 Å². The summed E-state index contributed by atoms with van der Waals surface area (Å²) >= 11 is 0. The molecule has 0 radical (unpaired) electrons. The topological polar surface area (TPSA) is 118 Å². The highest BCUT2D eigenvalue weighted by molar-refractivity contribution is 5.31. The first-order valence-corrected chi connectivity index (χ1v) is 10.1. The van der Waals surface area contributed by atoms with Crippen LogP contribution in [0.15, 0.2) is 69.9 Å². The van der Waals surface area contributed by atoms with Crippen LogP contribution in [0.5, 0.6) is 11.5 Å². The van der Waals surface area contributed by atoms with Crippen LogP contribution >= 0.6 is 0 Å². The van der Waals surface area contributed by atoms with E-state index in [0.29, 0.717) is 37.7 Å². The second-order valence-electron chi connectivity index (χ2n) is 7.02. The lowest BCUT2D eigenvalue weighted by atomic mass is 10.3. The summed E-state index contributed by atoms with van der Waals surface area (Å²) in [5.41, 5.74) is 0. The van der Waals surface area contributed by atoms with Gasteiger partial charge in [0.1, 0.15) is 63.1 Å². The molecule has 3 rings (SSSR count). The first-order chi connectivity index (χ1) is 14.7. The van der Waals surface area contributed by atoms with Crippen LogP contribution in [0.3, 0.4) is 0 Å². The fourth-order valence-corrected chi connectivity index (χ4v) is 2.85. The van der Waals surface area contributed by atoms with Crippen LogP contribution in [0.25, 0.3) is 0 Å². The largest absolute Gasteiger partial charge is 0.491 e. The Balaban J connectivity index is 1.27. The van der Waals surface area contributed by atoms with E-state index < -0.39 is 12.2 Å². The normalized spacial score (nSPS) is 13.1. The van der Waals surface area contributed by atoms with Crippen molar-refractivity contribution in [1.82, 2.24) is 0 Å². The molecule has 0 fully saturated rings. The Labute approximate surface area is 175 Å². The van der Waals surface area contributed by atoms with Crippen LogP contribution in [-0.2, 0) is 13.1 Å². The Hall–Kier alpha value is -2.78. The molecule has 0 saturated carbocycles. The second kappa shape index (κ2) is 12.0. The number of benzene rings is 1. The van der Waals surface area contributed by atoms with Crippen LogP contribution in [-0.4, -0.2) is 48.7 Å². The third kappa shape index (κ3) is 7.92. The Bertz CT molecular complexity index is 736. The highest BCUT2D eigenvalue weighted by atomic mass is 16.5. The molecule has 0 saturated heterocycles. The van der Waals surface area contributed by atoms with E-state index in [1.165, 1.54) is 0 Å². The zero-order valence-electron chi connectivity index (χ0n) is 16.9. The molecule has 0 aliphatic heterocycles. The van der Waals surface area contributed by atoms with E-state index in [2.05, 4.69) is 0 Å². The number of ether oxygens (including phenoxy) is 2. The first-order valence-electron chi connectivity index (χ1n) is 10.1. The van der Waals surface area contributed by atoms with Gasteiger partial charge in [0.2, 0.25) is 0 Å². The standard InChI is InChI=1S/C22H28N2O6/c25-17(11-23-13-21-3-1-9-27-21)15-29-19-5-7-20(8-6-19)30-16-18(26)12-24-14-22-4-2-10-28-22/h1-10,17-18,23-26H,11-16H2/p+2/t17-,18-/m1/s1. The van der Waals surface area contributed by atoms with Crippen molar-refractivity contribution in [2.45, 2.75) is 25.3 Å².